The molecule has 0 bridgehead atoms. The number of benzene rings is 1. The summed E-state index contributed by atoms with van der Waals surface area (Å²) in [5, 5.41) is 11.6. The van der Waals surface area contributed by atoms with E-state index in [1.165, 1.54) is 17.7 Å². The predicted octanol–water partition coefficient (Wildman–Crippen LogP) is 3.82. The Kier molecular flexibility index (Phi) is 4.26. The van der Waals surface area contributed by atoms with E-state index in [1.54, 1.807) is 6.20 Å². The number of aromatic nitrogens is 6. The Balaban J connectivity index is 1.81. The van der Waals surface area contributed by atoms with Crippen LogP contribution in [0.3, 0.4) is 0 Å². The average Bonchev–Trinajstić information content (AvgIpc) is 3.44. The average molecular weight is 433 g/mol. The maximum atomic E-state index is 13.2. The van der Waals surface area contributed by atoms with Gasteiger partial charge in [-0.05, 0) is 32.9 Å². The van der Waals surface area contributed by atoms with Gasteiger partial charge in [-0.1, -0.05) is 18.2 Å². The van der Waals surface area contributed by atoms with Gasteiger partial charge < -0.3 is 5.73 Å². The first-order chi connectivity index (χ1) is 14.8. The molecule has 0 unspecified atom stereocenters. The van der Waals surface area contributed by atoms with Crippen molar-refractivity contribution in [2.24, 2.45) is 0 Å². The molecule has 0 fully saturated rings. The van der Waals surface area contributed by atoms with Crippen LogP contribution in [0.5, 0.6) is 0 Å². The van der Waals surface area contributed by atoms with Crippen molar-refractivity contribution in [3.63, 3.8) is 0 Å². The minimum Gasteiger partial charge on any atom is -0.383 e. The number of para-hydroxylation sites is 1. The van der Waals surface area contributed by atoms with Crippen molar-refractivity contribution in [2.45, 2.75) is 26.3 Å². The van der Waals surface area contributed by atoms with E-state index >= 15 is 0 Å². The van der Waals surface area contributed by atoms with Crippen molar-refractivity contribution in [1.29, 1.82) is 0 Å². The molecule has 1 amide bonds. The van der Waals surface area contributed by atoms with Crippen molar-refractivity contribution in [3.8, 4) is 5.82 Å². The molecule has 10 heteroatoms. The van der Waals surface area contributed by atoms with Gasteiger partial charge in [-0.15, -0.1) is 11.3 Å². The van der Waals surface area contributed by atoms with Gasteiger partial charge in [0, 0.05) is 17.0 Å². The zero-order chi connectivity index (χ0) is 21.8. The highest BCUT2D eigenvalue weighted by molar-refractivity contribution is 7.13. The number of hydrogen-bond acceptors (Lipinski definition) is 7. The van der Waals surface area contributed by atoms with Crippen LogP contribution in [0.25, 0.3) is 27.8 Å². The van der Waals surface area contributed by atoms with Crippen molar-refractivity contribution < 1.29 is 4.79 Å². The van der Waals surface area contributed by atoms with Crippen LogP contribution in [-0.2, 0) is 5.54 Å². The number of carbonyl (C=O) groups is 1. The van der Waals surface area contributed by atoms with Gasteiger partial charge in [0.15, 0.2) is 16.6 Å². The van der Waals surface area contributed by atoms with Gasteiger partial charge in [-0.25, -0.2) is 19.6 Å². The Labute approximate surface area is 181 Å². The van der Waals surface area contributed by atoms with Crippen LogP contribution in [0, 0.1) is 0 Å². The summed E-state index contributed by atoms with van der Waals surface area (Å²) in [5.74, 6) is 0.521. The molecule has 0 saturated carbocycles. The summed E-state index contributed by atoms with van der Waals surface area (Å²) in [6, 6.07) is 9.58. The van der Waals surface area contributed by atoms with Crippen LogP contribution in [0.15, 0.2) is 48.2 Å². The number of thiazole rings is 1. The van der Waals surface area contributed by atoms with Crippen LogP contribution >= 0.6 is 11.3 Å². The van der Waals surface area contributed by atoms with Crippen molar-refractivity contribution >= 4 is 50.1 Å². The molecule has 5 aromatic rings. The molecule has 0 radical (unpaired) electrons. The van der Waals surface area contributed by atoms with E-state index in [2.05, 4.69) is 20.3 Å². The van der Waals surface area contributed by atoms with E-state index < -0.39 is 0 Å². The molecule has 0 spiro atoms. The molecular formula is C21H20N8OS. The van der Waals surface area contributed by atoms with Crippen LogP contribution in [0.1, 0.15) is 31.3 Å². The third-order valence-corrected chi connectivity index (χ3v) is 5.61. The first-order valence-electron chi connectivity index (χ1n) is 9.66. The SMILES string of the molecule is CC(C)(C)n1nc(-n2c(C(=O)Nc3nccs3)cc3ccccc32)c2c(N)ncnc21. The Hall–Kier alpha value is -3.79. The van der Waals surface area contributed by atoms with Crippen LogP contribution in [0.2, 0.25) is 0 Å². The fourth-order valence-electron chi connectivity index (χ4n) is 3.58. The number of hydrogen-bond donors (Lipinski definition) is 2. The zero-order valence-corrected chi connectivity index (χ0v) is 18.0. The lowest BCUT2D eigenvalue weighted by Gasteiger charge is -2.19. The highest BCUT2D eigenvalue weighted by atomic mass is 32.1. The van der Waals surface area contributed by atoms with Crippen LogP contribution in [0.4, 0.5) is 10.9 Å². The molecule has 1 aromatic carbocycles. The Bertz CT molecular complexity index is 1430. The maximum Gasteiger partial charge on any atom is 0.274 e. The number of carbonyl (C=O) groups excluding carboxylic acids is 1. The van der Waals surface area contributed by atoms with Crippen LogP contribution < -0.4 is 11.1 Å². The standard InChI is InChI=1S/C21H20N8OS/c1-21(2,3)29-17-15(16(22)24-11-25-17)18(27-29)28-13-7-5-4-6-12(13)10-14(28)19(30)26-20-23-8-9-31-20/h4-11H,1-3H3,(H2,22,24,25)(H,23,26,30). The fraction of sp³-hybridized carbons (Fsp3) is 0.190. The highest BCUT2D eigenvalue weighted by Gasteiger charge is 2.27. The minimum atomic E-state index is -0.358. The van der Waals surface area contributed by atoms with Gasteiger partial charge in [0.05, 0.1) is 11.1 Å². The second kappa shape index (κ2) is 6.88. The molecule has 3 N–H and O–H groups in total. The fourth-order valence-corrected chi connectivity index (χ4v) is 4.10. The van der Waals surface area contributed by atoms with E-state index in [0.717, 1.165) is 10.9 Å². The third kappa shape index (κ3) is 3.12. The van der Waals surface area contributed by atoms with E-state index in [1.807, 2.05) is 65.7 Å². The Morgan fingerprint density at radius 1 is 1.16 bits per heavy atom. The first kappa shape index (κ1) is 19.2. The molecule has 9 nitrogen and oxygen atoms in total. The number of amides is 1. The van der Waals surface area contributed by atoms with Crippen molar-refractivity contribution in [2.75, 3.05) is 11.1 Å². The summed E-state index contributed by atoms with van der Waals surface area (Å²) in [5.41, 5.74) is 7.77. The zero-order valence-electron chi connectivity index (χ0n) is 17.2. The number of nitrogen functional groups attached to an aromatic ring is 1. The van der Waals surface area contributed by atoms with Crippen LogP contribution in [-0.4, -0.2) is 35.2 Å². The minimum absolute atomic E-state index is 0.292. The maximum absolute atomic E-state index is 13.2. The number of nitrogens with zero attached hydrogens (tertiary/aromatic N) is 6. The molecule has 0 aliphatic carbocycles. The summed E-state index contributed by atoms with van der Waals surface area (Å²) >= 11 is 1.35. The molecule has 5 rings (SSSR count). The number of nitrogens with one attached hydrogen (secondary N) is 1. The van der Waals surface area contributed by atoms with Gasteiger partial charge >= 0.3 is 0 Å². The second-order valence-electron chi connectivity index (χ2n) is 8.08. The van der Waals surface area contributed by atoms with Gasteiger partial charge in [0.2, 0.25) is 0 Å². The summed E-state index contributed by atoms with van der Waals surface area (Å²) in [7, 11) is 0. The van der Waals surface area contributed by atoms with Gasteiger partial charge in [0.1, 0.15) is 23.2 Å². The number of nitrogens with two attached hydrogens (primary N) is 1. The molecule has 0 aliphatic rings. The van der Waals surface area contributed by atoms with Gasteiger partial charge in [-0.3, -0.25) is 14.7 Å². The molecule has 0 atom stereocenters. The monoisotopic (exact) mass is 432 g/mol. The Morgan fingerprint density at radius 3 is 2.71 bits per heavy atom. The number of fused-ring (bicyclic) bond motifs is 2. The topological polar surface area (TPSA) is 117 Å². The highest BCUT2D eigenvalue weighted by Crippen LogP contribution is 2.33. The summed E-state index contributed by atoms with van der Waals surface area (Å²) in [4.78, 5) is 26.0. The van der Waals surface area contributed by atoms with E-state index in [9.17, 15) is 4.79 Å². The van der Waals surface area contributed by atoms with Crippen molar-refractivity contribution in [3.05, 3.63) is 53.9 Å². The lowest BCUT2D eigenvalue weighted by atomic mass is 10.1. The quantitative estimate of drug-likeness (QED) is 0.448. The van der Waals surface area contributed by atoms with Gasteiger partial charge in [0.25, 0.3) is 5.91 Å². The lowest BCUT2D eigenvalue weighted by molar-refractivity contribution is 0.102. The van der Waals surface area contributed by atoms with E-state index in [0.29, 0.717) is 33.5 Å². The molecule has 0 aliphatic heterocycles. The summed E-state index contributed by atoms with van der Waals surface area (Å²) < 4.78 is 3.62. The van der Waals surface area contributed by atoms with Gasteiger partial charge in [-0.2, -0.15) is 5.10 Å². The summed E-state index contributed by atoms with van der Waals surface area (Å²) in [6.07, 6.45) is 3.07. The Morgan fingerprint density at radius 2 is 1.97 bits per heavy atom. The molecule has 4 aromatic heterocycles. The number of anilines is 2. The molecule has 4 heterocycles. The predicted molar refractivity (Wildman–Crippen MR) is 122 cm³/mol. The number of rotatable bonds is 3. The first-order valence-corrected chi connectivity index (χ1v) is 10.5. The lowest BCUT2D eigenvalue weighted by Crippen LogP contribution is -2.24. The van der Waals surface area contributed by atoms with E-state index in [4.69, 9.17) is 10.8 Å². The smallest absolute Gasteiger partial charge is 0.274 e. The molecular weight excluding hydrogens is 412 g/mol. The molecule has 31 heavy (non-hydrogen) atoms. The molecule has 0 saturated heterocycles. The largest absolute Gasteiger partial charge is 0.383 e. The second-order valence-corrected chi connectivity index (χ2v) is 8.97. The normalized spacial score (nSPS) is 12.0. The molecule has 156 valence electrons. The third-order valence-electron chi connectivity index (χ3n) is 4.92. The van der Waals surface area contributed by atoms with Crippen molar-refractivity contribution in [1.82, 2.24) is 29.3 Å². The summed E-state index contributed by atoms with van der Waals surface area (Å²) in [6.45, 7) is 6.10. The van der Waals surface area contributed by atoms with E-state index in [-0.39, 0.29) is 11.4 Å².